The highest BCUT2D eigenvalue weighted by atomic mass is 32.1. The Morgan fingerprint density at radius 3 is 2.43 bits per heavy atom. The molecule has 0 aliphatic carbocycles. The Morgan fingerprint density at radius 2 is 1.81 bits per heavy atom. The molecule has 1 fully saturated rings. The molecule has 0 aromatic heterocycles. The number of carbonyl (C=O) groups is 1. The molecule has 4 nitrogen and oxygen atoms in total. The number of piperazine rings is 1. The topological polar surface area (TPSA) is 49.6 Å². The number of rotatable bonds is 6. The zero-order valence-electron chi connectivity index (χ0n) is 12.3. The summed E-state index contributed by atoms with van der Waals surface area (Å²) >= 11 is 4.92. The van der Waals surface area contributed by atoms with Crippen LogP contribution in [0.2, 0.25) is 0 Å². The van der Waals surface area contributed by atoms with E-state index in [0.717, 1.165) is 39.0 Å². The van der Waals surface area contributed by atoms with Crippen molar-refractivity contribution in [1.29, 1.82) is 0 Å². The van der Waals surface area contributed by atoms with Crippen molar-refractivity contribution >= 4 is 23.1 Å². The van der Waals surface area contributed by atoms with Crippen molar-refractivity contribution in [3.8, 4) is 0 Å². The van der Waals surface area contributed by atoms with Gasteiger partial charge in [0.1, 0.15) is 0 Å². The fourth-order valence-corrected chi connectivity index (χ4v) is 2.80. The maximum Gasteiger partial charge on any atom is 0.222 e. The van der Waals surface area contributed by atoms with Crippen LogP contribution in [0.15, 0.2) is 30.3 Å². The third kappa shape index (κ3) is 5.44. The summed E-state index contributed by atoms with van der Waals surface area (Å²) in [5.41, 5.74) is 6.85. The number of aryl methyl sites for hydroxylation is 1. The van der Waals surface area contributed by atoms with Crippen LogP contribution in [0.3, 0.4) is 0 Å². The fraction of sp³-hybridized carbons (Fsp3) is 0.500. The molecule has 2 rings (SSSR count). The lowest BCUT2D eigenvalue weighted by Gasteiger charge is -2.34. The minimum absolute atomic E-state index is 0.265. The highest BCUT2D eigenvalue weighted by Crippen LogP contribution is 2.08. The van der Waals surface area contributed by atoms with Crippen LogP contribution in [0.25, 0.3) is 0 Å². The Hall–Kier alpha value is -1.46. The Kier molecular flexibility index (Phi) is 6.14. The lowest BCUT2D eigenvalue weighted by atomic mass is 10.1. The molecule has 114 valence electrons. The van der Waals surface area contributed by atoms with Crippen LogP contribution in [0.1, 0.15) is 18.4 Å². The highest BCUT2D eigenvalue weighted by Gasteiger charge is 2.20. The molecule has 2 N–H and O–H groups in total. The molecule has 1 saturated heterocycles. The first-order valence-corrected chi connectivity index (χ1v) is 7.88. The molecule has 1 heterocycles. The maximum absolute atomic E-state index is 12.2. The van der Waals surface area contributed by atoms with E-state index in [-0.39, 0.29) is 5.91 Å². The molecule has 5 heteroatoms. The van der Waals surface area contributed by atoms with Gasteiger partial charge in [0, 0.05) is 39.1 Å². The van der Waals surface area contributed by atoms with Gasteiger partial charge in [0.05, 0.1) is 4.99 Å². The number of hydrogen-bond donors (Lipinski definition) is 1. The second kappa shape index (κ2) is 8.10. The van der Waals surface area contributed by atoms with Crippen LogP contribution in [-0.4, -0.2) is 53.4 Å². The predicted molar refractivity (Wildman–Crippen MR) is 89.2 cm³/mol. The monoisotopic (exact) mass is 305 g/mol. The number of carbonyl (C=O) groups excluding carboxylic acids is 1. The van der Waals surface area contributed by atoms with Crippen molar-refractivity contribution in [1.82, 2.24) is 9.80 Å². The summed E-state index contributed by atoms with van der Waals surface area (Å²) in [6.45, 7) is 3.95. The molecular weight excluding hydrogens is 282 g/mol. The van der Waals surface area contributed by atoms with Gasteiger partial charge in [-0.3, -0.25) is 9.69 Å². The third-order valence-electron chi connectivity index (χ3n) is 3.80. The predicted octanol–water partition coefficient (Wildman–Crippen LogP) is 1.44. The second-order valence-corrected chi connectivity index (χ2v) is 5.99. The Bertz CT molecular complexity index is 470. The lowest BCUT2D eigenvalue weighted by molar-refractivity contribution is -0.132. The minimum Gasteiger partial charge on any atom is -0.392 e. The summed E-state index contributed by atoms with van der Waals surface area (Å²) in [6.07, 6.45) is 2.51. The zero-order valence-corrected chi connectivity index (χ0v) is 13.1. The quantitative estimate of drug-likeness (QED) is 0.808. The smallest absolute Gasteiger partial charge is 0.222 e. The zero-order chi connectivity index (χ0) is 15.1. The molecule has 1 aliphatic heterocycles. The first-order valence-electron chi connectivity index (χ1n) is 7.47. The molecule has 1 aliphatic rings. The van der Waals surface area contributed by atoms with Crippen molar-refractivity contribution in [2.75, 3.05) is 32.7 Å². The first kappa shape index (κ1) is 15.9. The molecule has 0 saturated carbocycles. The van der Waals surface area contributed by atoms with Crippen LogP contribution >= 0.6 is 12.2 Å². The Labute approximate surface area is 131 Å². The van der Waals surface area contributed by atoms with Crippen molar-refractivity contribution in [3.05, 3.63) is 35.9 Å². The van der Waals surface area contributed by atoms with Gasteiger partial charge in [-0.15, -0.1) is 0 Å². The number of amides is 1. The largest absolute Gasteiger partial charge is 0.392 e. The molecule has 1 amide bonds. The van der Waals surface area contributed by atoms with Gasteiger partial charge >= 0.3 is 0 Å². The SMILES string of the molecule is NC(=S)CN1CCN(C(=O)CCCc2ccccc2)CC1. The molecular formula is C16H23N3OS. The van der Waals surface area contributed by atoms with Gasteiger partial charge < -0.3 is 10.6 Å². The summed E-state index contributed by atoms with van der Waals surface area (Å²) in [5.74, 6) is 0.265. The van der Waals surface area contributed by atoms with E-state index in [1.54, 1.807) is 0 Å². The fourth-order valence-electron chi connectivity index (χ4n) is 2.62. The van der Waals surface area contributed by atoms with Gasteiger partial charge in [0.25, 0.3) is 0 Å². The summed E-state index contributed by atoms with van der Waals surface area (Å²) in [5, 5.41) is 0. The molecule has 0 unspecified atom stereocenters. The molecule has 1 aromatic rings. The second-order valence-electron chi connectivity index (χ2n) is 5.46. The van der Waals surface area contributed by atoms with Crippen molar-refractivity contribution in [3.63, 3.8) is 0 Å². The minimum atomic E-state index is 0.265. The normalized spacial score (nSPS) is 15.9. The Balaban J connectivity index is 1.67. The summed E-state index contributed by atoms with van der Waals surface area (Å²) < 4.78 is 0. The van der Waals surface area contributed by atoms with Crippen molar-refractivity contribution < 1.29 is 4.79 Å². The molecule has 1 aromatic carbocycles. The number of hydrogen-bond acceptors (Lipinski definition) is 3. The van der Waals surface area contributed by atoms with E-state index in [4.69, 9.17) is 18.0 Å². The van der Waals surface area contributed by atoms with Crippen molar-refractivity contribution in [2.45, 2.75) is 19.3 Å². The number of benzene rings is 1. The van der Waals surface area contributed by atoms with Gasteiger partial charge in [-0.25, -0.2) is 0 Å². The van der Waals surface area contributed by atoms with E-state index < -0.39 is 0 Å². The van der Waals surface area contributed by atoms with Gasteiger partial charge in [-0.2, -0.15) is 0 Å². The number of nitrogens with two attached hydrogens (primary N) is 1. The highest BCUT2D eigenvalue weighted by molar-refractivity contribution is 7.80. The van der Waals surface area contributed by atoms with E-state index in [1.165, 1.54) is 5.56 Å². The average molecular weight is 305 g/mol. The summed E-state index contributed by atoms with van der Waals surface area (Å²) in [7, 11) is 0. The average Bonchev–Trinajstić information content (AvgIpc) is 2.48. The van der Waals surface area contributed by atoms with E-state index in [1.807, 2.05) is 23.1 Å². The lowest BCUT2D eigenvalue weighted by Crippen LogP contribution is -2.50. The van der Waals surface area contributed by atoms with E-state index in [0.29, 0.717) is 18.0 Å². The van der Waals surface area contributed by atoms with E-state index in [2.05, 4.69) is 17.0 Å². The van der Waals surface area contributed by atoms with E-state index >= 15 is 0 Å². The summed E-state index contributed by atoms with van der Waals surface area (Å²) in [4.78, 5) is 16.9. The van der Waals surface area contributed by atoms with Crippen LogP contribution in [-0.2, 0) is 11.2 Å². The van der Waals surface area contributed by atoms with Gasteiger partial charge in [0.15, 0.2) is 0 Å². The third-order valence-corrected chi connectivity index (χ3v) is 3.93. The van der Waals surface area contributed by atoms with Gasteiger partial charge in [-0.05, 0) is 18.4 Å². The summed E-state index contributed by atoms with van der Waals surface area (Å²) in [6, 6.07) is 10.3. The van der Waals surface area contributed by atoms with E-state index in [9.17, 15) is 4.79 Å². The van der Waals surface area contributed by atoms with Crippen LogP contribution in [0.4, 0.5) is 0 Å². The number of nitrogens with zero attached hydrogens (tertiary/aromatic N) is 2. The molecule has 0 radical (unpaired) electrons. The van der Waals surface area contributed by atoms with Crippen LogP contribution < -0.4 is 5.73 Å². The first-order chi connectivity index (χ1) is 10.1. The Morgan fingerprint density at radius 1 is 1.14 bits per heavy atom. The van der Waals surface area contributed by atoms with Crippen LogP contribution in [0.5, 0.6) is 0 Å². The maximum atomic E-state index is 12.2. The van der Waals surface area contributed by atoms with Crippen LogP contribution in [0, 0.1) is 0 Å². The molecule has 0 atom stereocenters. The molecule has 21 heavy (non-hydrogen) atoms. The van der Waals surface area contributed by atoms with Crippen molar-refractivity contribution in [2.24, 2.45) is 5.73 Å². The van der Waals surface area contributed by atoms with Gasteiger partial charge in [0.2, 0.25) is 5.91 Å². The van der Waals surface area contributed by atoms with Gasteiger partial charge in [-0.1, -0.05) is 42.5 Å². The standard InChI is InChI=1S/C16H23N3OS/c17-15(21)13-18-9-11-19(12-10-18)16(20)8-4-7-14-5-2-1-3-6-14/h1-3,5-6H,4,7-13H2,(H2,17,21). The number of thiocarbonyl (C=S) groups is 1. The molecule has 0 bridgehead atoms. The molecule has 0 spiro atoms.